The number of rotatable bonds is 3. The normalized spacial score (nSPS) is 24.1. The molecular formula is C15H22N2O. The number of nitrogens with one attached hydrogen (secondary N) is 2. The Bertz CT molecular complexity index is 411. The summed E-state index contributed by atoms with van der Waals surface area (Å²) in [5.41, 5.74) is 2.41. The van der Waals surface area contributed by atoms with Crippen LogP contribution in [-0.2, 0) is 4.79 Å². The zero-order valence-electron chi connectivity index (χ0n) is 11.4. The van der Waals surface area contributed by atoms with Crippen LogP contribution in [0.5, 0.6) is 0 Å². The van der Waals surface area contributed by atoms with E-state index in [2.05, 4.69) is 55.7 Å². The molecule has 1 heterocycles. The number of amides is 1. The summed E-state index contributed by atoms with van der Waals surface area (Å²) >= 11 is 0. The smallest absolute Gasteiger partial charge is 0.237 e. The molecule has 0 bridgehead atoms. The molecule has 3 heteroatoms. The minimum atomic E-state index is -0.0355. The molecule has 1 aliphatic heterocycles. The van der Waals surface area contributed by atoms with Crippen molar-refractivity contribution in [3.63, 3.8) is 0 Å². The molecule has 1 aliphatic rings. The molecule has 0 aromatic heterocycles. The van der Waals surface area contributed by atoms with Crippen LogP contribution < -0.4 is 10.6 Å². The standard InChI is InChI=1S/C15H22N2O/c1-10(2)8-13-15(18)17-14(9-16-13)12-6-4-11(3)5-7-12/h4-7,10,13-14,16H,8-9H2,1-3H3,(H,17,18)/t13-,14+/m0/s1. The van der Waals surface area contributed by atoms with Gasteiger partial charge in [-0.25, -0.2) is 0 Å². The van der Waals surface area contributed by atoms with Crippen molar-refractivity contribution in [2.24, 2.45) is 5.92 Å². The highest BCUT2D eigenvalue weighted by molar-refractivity contribution is 5.83. The lowest BCUT2D eigenvalue weighted by Crippen LogP contribution is -2.54. The minimum Gasteiger partial charge on any atom is -0.347 e. The number of carbonyl (C=O) groups excluding carboxylic acids is 1. The first-order valence-electron chi connectivity index (χ1n) is 6.66. The summed E-state index contributed by atoms with van der Waals surface area (Å²) in [5, 5.41) is 6.46. The lowest BCUT2D eigenvalue weighted by atomic mass is 9.97. The average Bonchev–Trinajstić information content (AvgIpc) is 2.32. The van der Waals surface area contributed by atoms with E-state index in [1.54, 1.807) is 0 Å². The van der Waals surface area contributed by atoms with Gasteiger partial charge in [-0.15, -0.1) is 0 Å². The molecule has 1 saturated heterocycles. The van der Waals surface area contributed by atoms with Gasteiger partial charge in [-0.2, -0.15) is 0 Å². The minimum absolute atomic E-state index is 0.0355. The van der Waals surface area contributed by atoms with E-state index in [0.717, 1.165) is 13.0 Å². The van der Waals surface area contributed by atoms with E-state index >= 15 is 0 Å². The summed E-state index contributed by atoms with van der Waals surface area (Å²) in [6.07, 6.45) is 0.895. The topological polar surface area (TPSA) is 41.1 Å². The van der Waals surface area contributed by atoms with Gasteiger partial charge in [0.15, 0.2) is 0 Å². The first-order valence-corrected chi connectivity index (χ1v) is 6.66. The Morgan fingerprint density at radius 3 is 2.50 bits per heavy atom. The van der Waals surface area contributed by atoms with Crippen molar-refractivity contribution in [3.05, 3.63) is 35.4 Å². The van der Waals surface area contributed by atoms with Gasteiger partial charge in [0.1, 0.15) is 0 Å². The maximum atomic E-state index is 12.0. The van der Waals surface area contributed by atoms with E-state index in [-0.39, 0.29) is 18.0 Å². The number of aryl methyl sites for hydroxylation is 1. The Morgan fingerprint density at radius 2 is 1.94 bits per heavy atom. The van der Waals surface area contributed by atoms with E-state index in [1.807, 2.05) is 0 Å². The molecule has 18 heavy (non-hydrogen) atoms. The lowest BCUT2D eigenvalue weighted by molar-refractivity contribution is -0.125. The van der Waals surface area contributed by atoms with Crippen LogP contribution in [0.3, 0.4) is 0 Å². The summed E-state index contributed by atoms with van der Waals surface area (Å²) < 4.78 is 0. The Morgan fingerprint density at radius 1 is 1.28 bits per heavy atom. The van der Waals surface area contributed by atoms with Gasteiger partial charge in [-0.05, 0) is 24.8 Å². The molecule has 3 nitrogen and oxygen atoms in total. The van der Waals surface area contributed by atoms with Crippen LogP contribution >= 0.6 is 0 Å². The Hall–Kier alpha value is -1.35. The summed E-state index contributed by atoms with van der Waals surface area (Å²) in [4.78, 5) is 12.0. The van der Waals surface area contributed by atoms with Gasteiger partial charge in [0, 0.05) is 6.54 Å². The van der Waals surface area contributed by atoms with Crippen molar-refractivity contribution in [2.45, 2.75) is 39.3 Å². The van der Waals surface area contributed by atoms with Crippen molar-refractivity contribution in [2.75, 3.05) is 6.54 Å². The van der Waals surface area contributed by atoms with Gasteiger partial charge in [0.05, 0.1) is 12.1 Å². The molecule has 2 atom stereocenters. The van der Waals surface area contributed by atoms with E-state index in [4.69, 9.17) is 0 Å². The molecular weight excluding hydrogens is 224 g/mol. The molecule has 1 aromatic carbocycles. The average molecular weight is 246 g/mol. The molecule has 1 amide bonds. The summed E-state index contributed by atoms with van der Waals surface area (Å²) in [5.74, 6) is 0.657. The van der Waals surface area contributed by atoms with Gasteiger partial charge in [0.2, 0.25) is 5.91 Å². The first-order chi connectivity index (χ1) is 8.56. The van der Waals surface area contributed by atoms with E-state index in [1.165, 1.54) is 11.1 Å². The highest BCUT2D eigenvalue weighted by Gasteiger charge is 2.28. The molecule has 2 N–H and O–H groups in total. The maximum Gasteiger partial charge on any atom is 0.237 e. The zero-order valence-corrected chi connectivity index (χ0v) is 11.4. The van der Waals surface area contributed by atoms with Crippen molar-refractivity contribution in [3.8, 4) is 0 Å². The van der Waals surface area contributed by atoms with Gasteiger partial charge >= 0.3 is 0 Å². The second kappa shape index (κ2) is 5.53. The third kappa shape index (κ3) is 3.10. The molecule has 0 spiro atoms. The van der Waals surface area contributed by atoms with Gasteiger partial charge in [-0.3, -0.25) is 4.79 Å². The lowest BCUT2D eigenvalue weighted by Gasteiger charge is -2.31. The van der Waals surface area contributed by atoms with Crippen LogP contribution in [0.25, 0.3) is 0 Å². The highest BCUT2D eigenvalue weighted by atomic mass is 16.2. The number of hydrogen-bond acceptors (Lipinski definition) is 2. The first kappa shape index (κ1) is 13.1. The van der Waals surface area contributed by atoms with Crippen LogP contribution in [0.4, 0.5) is 0 Å². The monoisotopic (exact) mass is 246 g/mol. The quantitative estimate of drug-likeness (QED) is 0.858. The fraction of sp³-hybridized carbons (Fsp3) is 0.533. The van der Waals surface area contributed by atoms with E-state index in [0.29, 0.717) is 5.92 Å². The van der Waals surface area contributed by atoms with Crippen LogP contribution in [-0.4, -0.2) is 18.5 Å². The van der Waals surface area contributed by atoms with E-state index < -0.39 is 0 Å². The third-order valence-corrected chi connectivity index (χ3v) is 3.39. The predicted octanol–water partition coefficient (Wildman–Crippen LogP) is 2.17. The fourth-order valence-electron chi connectivity index (χ4n) is 2.34. The molecule has 0 saturated carbocycles. The Balaban J connectivity index is 1.99. The molecule has 0 aliphatic carbocycles. The van der Waals surface area contributed by atoms with Crippen molar-refractivity contribution in [1.82, 2.24) is 10.6 Å². The second-order valence-electron chi connectivity index (χ2n) is 5.56. The fourth-order valence-corrected chi connectivity index (χ4v) is 2.34. The zero-order chi connectivity index (χ0) is 13.1. The second-order valence-corrected chi connectivity index (χ2v) is 5.56. The molecule has 2 rings (SSSR count). The molecule has 0 unspecified atom stereocenters. The SMILES string of the molecule is Cc1ccc([C@H]2CN[C@@H](CC(C)C)C(=O)N2)cc1. The summed E-state index contributed by atoms with van der Waals surface area (Å²) in [7, 11) is 0. The third-order valence-electron chi connectivity index (χ3n) is 3.39. The molecule has 1 fully saturated rings. The largest absolute Gasteiger partial charge is 0.347 e. The Kier molecular flexibility index (Phi) is 4.02. The van der Waals surface area contributed by atoms with Crippen LogP contribution in [0.1, 0.15) is 37.4 Å². The predicted molar refractivity (Wildman–Crippen MR) is 73.3 cm³/mol. The van der Waals surface area contributed by atoms with Gasteiger partial charge in [0.25, 0.3) is 0 Å². The summed E-state index contributed by atoms with van der Waals surface area (Å²) in [6.45, 7) is 7.16. The highest BCUT2D eigenvalue weighted by Crippen LogP contribution is 2.18. The van der Waals surface area contributed by atoms with Crippen LogP contribution in [0.15, 0.2) is 24.3 Å². The van der Waals surface area contributed by atoms with Crippen molar-refractivity contribution < 1.29 is 4.79 Å². The van der Waals surface area contributed by atoms with Crippen molar-refractivity contribution >= 4 is 5.91 Å². The van der Waals surface area contributed by atoms with Gasteiger partial charge < -0.3 is 10.6 Å². The molecule has 1 aromatic rings. The van der Waals surface area contributed by atoms with Crippen molar-refractivity contribution in [1.29, 1.82) is 0 Å². The Labute approximate surface area is 109 Å². The maximum absolute atomic E-state index is 12.0. The number of piperazine rings is 1. The van der Waals surface area contributed by atoms with Crippen LogP contribution in [0.2, 0.25) is 0 Å². The van der Waals surface area contributed by atoms with Crippen LogP contribution in [0, 0.1) is 12.8 Å². The molecule has 0 radical (unpaired) electrons. The number of carbonyl (C=O) groups is 1. The molecule has 98 valence electrons. The van der Waals surface area contributed by atoms with E-state index in [9.17, 15) is 4.79 Å². The number of benzene rings is 1. The summed E-state index contributed by atoms with van der Waals surface area (Å²) in [6, 6.07) is 8.41. The number of hydrogen-bond donors (Lipinski definition) is 2. The van der Waals surface area contributed by atoms with Gasteiger partial charge in [-0.1, -0.05) is 43.7 Å².